The van der Waals surface area contributed by atoms with Gasteiger partial charge in [-0.1, -0.05) is 35.4 Å². The van der Waals surface area contributed by atoms with Gasteiger partial charge in [0.15, 0.2) is 0 Å². The Balaban J connectivity index is 1.42. The first kappa shape index (κ1) is 19.1. The Morgan fingerprint density at radius 2 is 1.48 bits per heavy atom. The topological polar surface area (TPSA) is 52.7 Å². The van der Waals surface area contributed by atoms with Gasteiger partial charge < -0.3 is 10.2 Å². The van der Waals surface area contributed by atoms with E-state index in [1.54, 1.807) is 0 Å². The summed E-state index contributed by atoms with van der Waals surface area (Å²) in [7, 11) is 0. The molecule has 1 fully saturated rings. The fourth-order valence-corrected chi connectivity index (χ4v) is 3.35. The summed E-state index contributed by atoms with van der Waals surface area (Å²) >= 11 is 0. The highest BCUT2D eigenvalue weighted by atomic mass is 16.2. The predicted molar refractivity (Wildman–Crippen MR) is 107 cm³/mol. The molecule has 1 N–H and O–H groups in total. The van der Waals surface area contributed by atoms with Gasteiger partial charge in [0, 0.05) is 50.4 Å². The molecule has 0 spiro atoms. The van der Waals surface area contributed by atoms with E-state index in [9.17, 15) is 9.59 Å². The molecule has 0 aliphatic carbocycles. The first-order chi connectivity index (χ1) is 13.0. The van der Waals surface area contributed by atoms with E-state index >= 15 is 0 Å². The number of carbonyl (C=O) groups is 2. The van der Waals surface area contributed by atoms with Gasteiger partial charge in [-0.05, 0) is 38.1 Å². The van der Waals surface area contributed by atoms with Crippen LogP contribution in [-0.4, -0.2) is 60.9 Å². The van der Waals surface area contributed by atoms with Gasteiger partial charge in [-0.3, -0.25) is 14.5 Å². The van der Waals surface area contributed by atoms with Crippen LogP contribution in [0, 0.1) is 13.8 Å². The number of hydrogen-bond acceptors (Lipinski definition) is 3. The van der Waals surface area contributed by atoms with Crippen molar-refractivity contribution in [1.82, 2.24) is 15.1 Å². The summed E-state index contributed by atoms with van der Waals surface area (Å²) in [5.41, 5.74) is 3.64. The summed E-state index contributed by atoms with van der Waals surface area (Å²) in [5, 5.41) is 2.98. The maximum absolute atomic E-state index is 12.6. The molecular weight excluding hydrogens is 338 g/mol. The van der Waals surface area contributed by atoms with Crippen molar-refractivity contribution in [1.29, 1.82) is 0 Å². The van der Waals surface area contributed by atoms with E-state index in [4.69, 9.17) is 0 Å². The van der Waals surface area contributed by atoms with Crippen molar-refractivity contribution in [3.63, 3.8) is 0 Å². The highest BCUT2D eigenvalue weighted by Crippen LogP contribution is 2.10. The minimum Gasteiger partial charge on any atom is -0.351 e. The summed E-state index contributed by atoms with van der Waals surface area (Å²) in [6, 6.07) is 15.3. The Labute approximate surface area is 161 Å². The molecular formula is C22H27N3O2. The summed E-state index contributed by atoms with van der Waals surface area (Å²) in [5.74, 6) is 0.0676. The minimum absolute atomic E-state index is 0.0352. The Kier molecular flexibility index (Phi) is 6.24. The van der Waals surface area contributed by atoms with Crippen molar-refractivity contribution < 1.29 is 9.59 Å². The monoisotopic (exact) mass is 365 g/mol. The molecule has 1 saturated heterocycles. The molecule has 5 heteroatoms. The molecule has 1 aliphatic rings. The number of hydrogen-bond donors (Lipinski definition) is 1. The Hall–Kier alpha value is -2.66. The fraction of sp³-hybridized carbons (Fsp3) is 0.364. The molecule has 2 aromatic carbocycles. The molecule has 2 amide bonds. The molecule has 0 radical (unpaired) electrons. The van der Waals surface area contributed by atoms with Crippen LogP contribution in [0.25, 0.3) is 0 Å². The third-order valence-corrected chi connectivity index (χ3v) is 4.92. The lowest BCUT2D eigenvalue weighted by Gasteiger charge is -2.34. The lowest BCUT2D eigenvalue weighted by Crippen LogP contribution is -2.50. The van der Waals surface area contributed by atoms with Crippen LogP contribution >= 0.6 is 0 Å². The number of aryl methyl sites for hydroxylation is 2. The van der Waals surface area contributed by atoms with E-state index in [1.165, 1.54) is 0 Å². The predicted octanol–water partition coefficient (Wildman–Crippen LogP) is 2.49. The van der Waals surface area contributed by atoms with Crippen LogP contribution in [0.4, 0.5) is 0 Å². The van der Waals surface area contributed by atoms with E-state index in [0.29, 0.717) is 12.1 Å². The number of nitrogens with zero attached hydrogens (tertiary/aromatic N) is 2. The average molecular weight is 365 g/mol. The number of piperazine rings is 1. The number of carbonyl (C=O) groups excluding carboxylic acids is 2. The number of benzene rings is 2. The molecule has 0 bridgehead atoms. The number of amides is 2. The minimum atomic E-state index is -0.0352. The van der Waals surface area contributed by atoms with Gasteiger partial charge >= 0.3 is 0 Å². The molecule has 2 aromatic rings. The van der Waals surface area contributed by atoms with E-state index in [0.717, 1.165) is 49.4 Å². The molecule has 1 aliphatic heterocycles. The first-order valence-electron chi connectivity index (χ1n) is 9.46. The van der Waals surface area contributed by atoms with Crippen LogP contribution in [-0.2, 0) is 0 Å². The van der Waals surface area contributed by atoms with Gasteiger partial charge in [0.25, 0.3) is 11.8 Å². The maximum atomic E-state index is 12.6. The van der Waals surface area contributed by atoms with Crippen molar-refractivity contribution in [2.45, 2.75) is 13.8 Å². The van der Waals surface area contributed by atoms with Crippen molar-refractivity contribution >= 4 is 11.8 Å². The molecule has 142 valence electrons. The average Bonchev–Trinajstić information content (AvgIpc) is 2.68. The Morgan fingerprint density at radius 1 is 0.889 bits per heavy atom. The van der Waals surface area contributed by atoms with Crippen LogP contribution in [0.2, 0.25) is 0 Å². The Morgan fingerprint density at radius 3 is 2.11 bits per heavy atom. The molecule has 5 nitrogen and oxygen atoms in total. The SMILES string of the molecule is Cc1cccc(C(=O)NCCN2CCN(C(=O)c3cccc(C)c3)CC2)c1. The molecule has 1 heterocycles. The molecule has 0 saturated carbocycles. The van der Waals surface area contributed by atoms with Crippen molar-refractivity contribution in [2.24, 2.45) is 0 Å². The van der Waals surface area contributed by atoms with E-state index in [-0.39, 0.29) is 11.8 Å². The smallest absolute Gasteiger partial charge is 0.253 e. The summed E-state index contributed by atoms with van der Waals surface area (Å²) in [6.07, 6.45) is 0. The zero-order valence-corrected chi connectivity index (χ0v) is 16.1. The van der Waals surface area contributed by atoms with E-state index in [1.807, 2.05) is 67.3 Å². The first-order valence-corrected chi connectivity index (χ1v) is 9.46. The van der Waals surface area contributed by atoms with E-state index < -0.39 is 0 Å². The highest BCUT2D eigenvalue weighted by Gasteiger charge is 2.22. The lowest BCUT2D eigenvalue weighted by atomic mass is 10.1. The van der Waals surface area contributed by atoms with Crippen LogP contribution in [0.1, 0.15) is 31.8 Å². The lowest BCUT2D eigenvalue weighted by molar-refractivity contribution is 0.0638. The second-order valence-corrected chi connectivity index (χ2v) is 7.13. The van der Waals surface area contributed by atoms with Gasteiger partial charge in [-0.25, -0.2) is 0 Å². The third-order valence-electron chi connectivity index (χ3n) is 4.92. The standard InChI is InChI=1S/C22H27N3O2/c1-17-5-3-7-19(15-17)21(26)23-9-10-24-11-13-25(14-12-24)22(27)20-8-4-6-18(2)16-20/h3-8,15-16H,9-14H2,1-2H3,(H,23,26). The second-order valence-electron chi connectivity index (χ2n) is 7.13. The van der Waals surface area contributed by atoms with Gasteiger partial charge in [-0.2, -0.15) is 0 Å². The van der Waals surface area contributed by atoms with Crippen LogP contribution < -0.4 is 5.32 Å². The molecule has 27 heavy (non-hydrogen) atoms. The number of rotatable bonds is 5. The van der Waals surface area contributed by atoms with Crippen LogP contribution in [0.3, 0.4) is 0 Å². The van der Waals surface area contributed by atoms with Crippen LogP contribution in [0.15, 0.2) is 48.5 Å². The highest BCUT2D eigenvalue weighted by molar-refractivity contribution is 5.95. The number of nitrogens with one attached hydrogen (secondary N) is 1. The molecule has 0 unspecified atom stereocenters. The molecule has 3 rings (SSSR count). The van der Waals surface area contributed by atoms with Gasteiger partial charge in [0.05, 0.1) is 0 Å². The van der Waals surface area contributed by atoms with Crippen molar-refractivity contribution in [2.75, 3.05) is 39.3 Å². The molecule has 0 atom stereocenters. The summed E-state index contributed by atoms with van der Waals surface area (Å²) in [4.78, 5) is 29.0. The maximum Gasteiger partial charge on any atom is 0.253 e. The summed E-state index contributed by atoms with van der Waals surface area (Å²) < 4.78 is 0. The normalized spacial score (nSPS) is 14.8. The zero-order chi connectivity index (χ0) is 19.2. The van der Waals surface area contributed by atoms with Gasteiger partial charge in [-0.15, -0.1) is 0 Å². The second kappa shape index (κ2) is 8.82. The quantitative estimate of drug-likeness (QED) is 0.886. The van der Waals surface area contributed by atoms with Gasteiger partial charge in [0.1, 0.15) is 0 Å². The Bertz CT molecular complexity index is 808. The van der Waals surface area contributed by atoms with Gasteiger partial charge in [0.2, 0.25) is 0 Å². The van der Waals surface area contributed by atoms with Crippen molar-refractivity contribution in [3.05, 3.63) is 70.8 Å². The van der Waals surface area contributed by atoms with E-state index in [2.05, 4.69) is 10.2 Å². The summed E-state index contributed by atoms with van der Waals surface area (Å²) in [6.45, 7) is 8.49. The third kappa shape index (κ3) is 5.17. The van der Waals surface area contributed by atoms with Crippen molar-refractivity contribution in [3.8, 4) is 0 Å². The van der Waals surface area contributed by atoms with Crippen LogP contribution in [0.5, 0.6) is 0 Å². The fourth-order valence-electron chi connectivity index (χ4n) is 3.35. The molecule has 0 aromatic heterocycles. The zero-order valence-electron chi connectivity index (χ0n) is 16.1. The largest absolute Gasteiger partial charge is 0.351 e.